The van der Waals surface area contributed by atoms with Crippen LogP contribution in [0.4, 0.5) is 5.00 Å². The molecule has 10 heteroatoms. The smallest absolute Gasteiger partial charge is 0.251 e. The maximum absolute atomic E-state index is 12.6. The Balaban J connectivity index is 1.61. The maximum atomic E-state index is 12.6. The normalized spacial score (nSPS) is 10.8. The molecule has 0 unspecified atom stereocenters. The summed E-state index contributed by atoms with van der Waals surface area (Å²) in [5.74, 6) is 0.672. The van der Waals surface area contributed by atoms with Gasteiger partial charge >= 0.3 is 0 Å². The van der Waals surface area contributed by atoms with Crippen LogP contribution in [-0.4, -0.2) is 38.9 Å². The molecular weight excluding hydrogens is 470 g/mol. The van der Waals surface area contributed by atoms with E-state index in [2.05, 4.69) is 15.5 Å². The number of carbonyl (C=O) groups excluding carboxylic acids is 2. The van der Waals surface area contributed by atoms with Crippen molar-refractivity contribution in [2.45, 2.75) is 19.0 Å². The van der Waals surface area contributed by atoms with Crippen LogP contribution >= 0.6 is 23.1 Å². The zero-order chi connectivity index (χ0) is 24.1. The van der Waals surface area contributed by atoms with Crippen LogP contribution in [0.3, 0.4) is 0 Å². The Morgan fingerprint density at radius 2 is 1.94 bits per heavy atom. The minimum absolute atomic E-state index is 0.0824. The van der Waals surface area contributed by atoms with Crippen LogP contribution in [0.15, 0.2) is 65.1 Å². The highest BCUT2D eigenvalue weighted by Crippen LogP contribution is 2.30. The zero-order valence-corrected chi connectivity index (χ0v) is 20.3. The fourth-order valence-electron chi connectivity index (χ4n) is 3.32. The van der Waals surface area contributed by atoms with Gasteiger partial charge in [-0.3, -0.25) is 14.2 Å². The number of aromatic nitrogens is 3. The van der Waals surface area contributed by atoms with Crippen LogP contribution in [0.5, 0.6) is 5.75 Å². The summed E-state index contributed by atoms with van der Waals surface area (Å²) in [5, 5.41) is 14.3. The summed E-state index contributed by atoms with van der Waals surface area (Å²) in [7, 11) is 0. The first-order valence-corrected chi connectivity index (χ1v) is 12.4. The molecule has 2 aromatic heterocycles. The fraction of sp³-hybridized carbons (Fsp3) is 0.167. The van der Waals surface area contributed by atoms with E-state index in [1.807, 2.05) is 66.9 Å². The lowest BCUT2D eigenvalue weighted by atomic mass is 10.1. The summed E-state index contributed by atoms with van der Waals surface area (Å²) >= 11 is 2.50. The highest BCUT2D eigenvalue weighted by molar-refractivity contribution is 7.99. The van der Waals surface area contributed by atoms with Gasteiger partial charge in [-0.15, -0.1) is 21.5 Å². The average Bonchev–Trinajstić information content (AvgIpc) is 3.46. The molecule has 2 aromatic carbocycles. The summed E-state index contributed by atoms with van der Waals surface area (Å²) in [6.07, 6.45) is 0. The first-order chi connectivity index (χ1) is 16.5. The lowest BCUT2D eigenvalue weighted by molar-refractivity contribution is -0.113. The second kappa shape index (κ2) is 10.5. The van der Waals surface area contributed by atoms with Crippen molar-refractivity contribution in [1.29, 1.82) is 0 Å². The predicted octanol–water partition coefficient (Wildman–Crippen LogP) is 4.53. The number of primary amides is 1. The average molecular weight is 494 g/mol. The van der Waals surface area contributed by atoms with E-state index in [1.54, 1.807) is 11.4 Å². The number of anilines is 1. The molecule has 0 aliphatic carbocycles. The Bertz CT molecular complexity index is 1310. The lowest BCUT2D eigenvalue weighted by Crippen LogP contribution is -2.18. The molecule has 0 radical (unpaired) electrons. The highest BCUT2D eigenvalue weighted by atomic mass is 32.2. The van der Waals surface area contributed by atoms with Crippen molar-refractivity contribution >= 4 is 39.9 Å². The van der Waals surface area contributed by atoms with Crippen molar-refractivity contribution in [3.8, 4) is 22.8 Å². The maximum Gasteiger partial charge on any atom is 0.251 e. The number of amides is 2. The molecule has 2 heterocycles. The molecule has 0 bridgehead atoms. The van der Waals surface area contributed by atoms with Crippen LogP contribution in [0, 0.1) is 6.92 Å². The summed E-state index contributed by atoms with van der Waals surface area (Å²) < 4.78 is 7.48. The fourth-order valence-corrected chi connectivity index (χ4v) is 4.88. The van der Waals surface area contributed by atoms with E-state index < -0.39 is 5.91 Å². The quantitative estimate of drug-likeness (QED) is 0.331. The van der Waals surface area contributed by atoms with E-state index in [0.29, 0.717) is 28.2 Å². The number of carbonyl (C=O) groups is 2. The molecule has 0 aliphatic heterocycles. The van der Waals surface area contributed by atoms with Gasteiger partial charge in [0.1, 0.15) is 10.8 Å². The summed E-state index contributed by atoms with van der Waals surface area (Å²) in [5.41, 5.74) is 8.53. The second-order valence-corrected chi connectivity index (χ2v) is 9.16. The number of hydrogen-bond acceptors (Lipinski definition) is 7. The van der Waals surface area contributed by atoms with Crippen molar-refractivity contribution in [2.24, 2.45) is 5.73 Å². The number of nitrogens with two attached hydrogens (primary N) is 1. The second-order valence-electron chi connectivity index (χ2n) is 7.30. The van der Waals surface area contributed by atoms with Crippen molar-refractivity contribution in [3.05, 3.63) is 71.1 Å². The number of nitrogens with one attached hydrogen (secondary N) is 1. The molecule has 0 aliphatic rings. The molecule has 34 heavy (non-hydrogen) atoms. The van der Waals surface area contributed by atoms with Gasteiger partial charge in [0.05, 0.1) is 17.9 Å². The number of ether oxygens (including phenoxy) is 1. The molecule has 174 valence electrons. The molecular formula is C24H23N5O3S2. The number of thioether (sulfide) groups is 1. The first kappa shape index (κ1) is 23.5. The molecule has 4 rings (SSSR count). The standard InChI is InChI=1S/C24H23N5O3S2/c1-3-32-18-9-7-17(8-10-18)29-22(16-6-4-5-15(2)13-16)27-28-24(29)34-14-20(30)26-23-19(21(25)31)11-12-33-23/h4-13H,3,14H2,1-2H3,(H2,25,31)(H,26,30). The summed E-state index contributed by atoms with van der Waals surface area (Å²) in [4.78, 5) is 24.1. The number of nitrogens with zero attached hydrogens (tertiary/aromatic N) is 3. The monoisotopic (exact) mass is 493 g/mol. The summed E-state index contributed by atoms with van der Waals surface area (Å²) in [6.45, 7) is 4.54. The van der Waals surface area contributed by atoms with Gasteiger partial charge in [-0.05, 0) is 55.6 Å². The third-order valence-electron chi connectivity index (χ3n) is 4.83. The first-order valence-electron chi connectivity index (χ1n) is 10.5. The van der Waals surface area contributed by atoms with E-state index in [9.17, 15) is 9.59 Å². The van der Waals surface area contributed by atoms with Crippen molar-refractivity contribution in [1.82, 2.24) is 14.8 Å². The van der Waals surface area contributed by atoms with E-state index in [0.717, 1.165) is 22.6 Å². The molecule has 2 amide bonds. The van der Waals surface area contributed by atoms with Gasteiger partial charge in [-0.1, -0.05) is 35.5 Å². The Hall–Kier alpha value is -3.63. The minimum atomic E-state index is -0.581. The lowest BCUT2D eigenvalue weighted by Gasteiger charge is -2.12. The molecule has 0 saturated heterocycles. The molecule has 3 N–H and O–H groups in total. The Morgan fingerprint density at radius 3 is 2.65 bits per heavy atom. The number of hydrogen-bond donors (Lipinski definition) is 2. The molecule has 0 spiro atoms. The zero-order valence-electron chi connectivity index (χ0n) is 18.6. The molecule has 8 nitrogen and oxygen atoms in total. The minimum Gasteiger partial charge on any atom is -0.494 e. The Kier molecular flexibility index (Phi) is 7.29. The van der Waals surface area contributed by atoms with Gasteiger partial charge < -0.3 is 15.8 Å². The third-order valence-corrected chi connectivity index (χ3v) is 6.59. The largest absolute Gasteiger partial charge is 0.494 e. The van der Waals surface area contributed by atoms with Gasteiger partial charge in [-0.25, -0.2) is 0 Å². The van der Waals surface area contributed by atoms with Gasteiger partial charge in [0.25, 0.3) is 5.91 Å². The number of rotatable bonds is 9. The van der Waals surface area contributed by atoms with Crippen LogP contribution in [0.1, 0.15) is 22.8 Å². The van der Waals surface area contributed by atoms with E-state index >= 15 is 0 Å². The van der Waals surface area contributed by atoms with E-state index in [-0.39, 0.29) is 11.7 Å². The van der Waals surface area contributed by atoms with Crippen LogP contribution in [-0.2, 0) is 4.79 Å². The number of benzene rings is 2. The SMILES string of the molecule is CCOc1ccc(-n2c(SCC(=O)Nc3sccc3C(N)=O)nnc2-c2cccc(C)c2)cc1. The van der Waals surface area contributed by atoms with Gasteiger partial charge in [0.15, 0.2) is 11.0 Å². The van der Waals surface area contributed by atoms with Crippen LogP contribution in [0.2, 0.25) is 0 Å². The number of aryl methyl sites for hydroxylation is 1. The van der Waals surface area contributed by atoms with Gasteiger partial charge in [0, 0.05) is 11.3 Å². The molecule has 0 fully saturated rings. The van der Waals surface area contributed by atoms with Crippen LogP contribution < -0.4 is 15.8 Å². The van der Waals surface area contributed by atoms with Gasteiger partial charge in [0.2, 0.25) is 5.91 Å². The summed E-state index contributed by atoms with van der Waals surface area (Å²) in [6, 6.07) is 17.2. The molecule has 0 atom stereocenters. The predicted molar refractivity (Wildman–Crippen MR) is 135 cm³/mol. The topological polar surface area (TPSA) is 112 Å². The van der Waals surface area contributed by atoms with E-state index in [1.165, 1.54) is 23.1 Å². The molecule has 4 aromatic rings. The third kappa shape index (κ3) is 5.29. The van der Waals surface area contributed by atoms with Crippen LogP contribution in [0.25, 0.3) is 17.1 Å². The Labute approximate surface area is 205 Å². The van der Waals surface area contributed by atoms with Crippen molar-refractivity contribution in [3.63, 3.8) is 0 Å². The molecule has 0 saturated carbocycles. The van der Waals surface area contributed by atoms with Crippen molar-refractivity contribution < 1.29 is 14.3 Å². The van der Waals surface area contributed by atoms with E-state index in [4.69, 9.17) is 10.5 Å². The number of thiophene rings is 1. The Morgan fingerprint density at radius 1 is 1.15 bits per heavy atom. The highest BCUT2D eigenvalue weighted by Gasteiger charge is 2.19. The van der Waals surface area contributed by atoms with Crippen molar-refractivity contribution in [2.75, 3.05) is 17.7 Å². The van der Waals surface area contributed by atoms with Gasteiger partial charge in [-0.2, -0.15) is 0 Å².